The van der Waals surface area contributed by atoms with Crippen LogP contribution in [0.15, 0.2) is 24.3 Å². The first-order valence-corrected chi connectivity index (χ1v) is 7.92. The van der Waals surface area contributed by atoms with E-state index in [0.717, 1.165) is 30.8 Å². The van der Waals surface area contributed by atoms with Gasteiger partial charge in [0.25, 0.3) is 0 Å². The van der Waals surface area contributed by atoms with Gasteiger partial charge in [-0.3, -0.25) is 4.90 Å². The van der Waals surface area contributed by atoms with E-state index in [0.29, 0.717) is 6.04 Å². The molecule has 2 fully saturated rings. The first-order valence-electron chi connectivity index (χ1n) is 7.92. The fourth-order valence-corrected chi connectivity index (χ4v) is 3.96. The SMILES string of the molecule is CCNC(CN1CC2CCC1C2)c1ccccc1OC. The molecule has 0 spiro atoms. The summed E-state index contributed by atoms with van der Waals surface area (Å²) in [5.41, 5.74) is 1.29. The van der Waals surface area contributed by atoms with Crippen LogP contribution in [0.3, 0.4) is 0 Å². The van der Waals surface area contributed by atoms with E-state index in [1.165, 1.54) is 31.4 Å². The molecule has 110 valence electrons. The molecule has 1 aromatic carbocycles. The fourth-order valence-electron chi connectivity index (χ4n) is 3.96. The van der Waals surface area contributed by atoms with E-state index >= 15 is 0 Å². The third kappa shape index (κ3) is 2.70. The van der Waals surface area contributed by atoms with Gasteiger partial charge in [-0.25, -0.2) is 0 Å². The molecule has 1 saturated heterocycles. The van der Waals surface area contributed by atoms with Crippen LogP contribution in [0.2, 0.25) is 0 Å². The number of ether oxygens (including phenoxy) is 1. The van der Waals surface area contributed by atoms with Crippen LogP contribution in [0.25, 0.3) is 0 Å². The summed E-state index contributed by atoms with van der Waals surface area (Å²) in [5, 5.41) is 3.64. The van der Waals surface area contributed by atoms with Crippen molar-refractivity contribution >= 4 is 0 Å². The molecule has 1 aliphatic carbocycles. The van der Waals surface area contributed by atoms with Gasteiger partial charge in [-0.1, -0.05) is 25.1 Å². The molecule has 20 heavy (non-hydrogen) atoms. The third-order valence-corrected chi connectivity index (χ3v) is 4.90. The van der Waals surface area contributed by atoms with Crippen molar-refractivity contribution in [1.29, 1.82) is 0 Å². The average molecular weight is 274 g/mol. The molecule has 2 bridgehead atoms. The Labute approximate surface area is 122 Å². The Balaban J connectivity index is 1.75. The Kier molecular flexibility index (Phi) is 4.27. The quantitative estimate of drug-likeness (QED) is 0.863. The highest BCUT2D eigenvalue weighted by molar-refractivity contribution is 5.36. The summed E-state index contributed by atoms with van der Waals surface area (Å²) in [4.78, 5) is 2.69. The van der Waals surface area contributed by atoms with Gasteiger partial charge in [0.15, 0.2) is 0 Å². The molecular weight excluding hydrogens is 248 g/mol. The van der Waals surface area contributed by atoms with Crippen molar-refractivity contribution < 1.29 is 4.74 Å². The summed E-state index contributed by atoms with van der Waals surface area (Å²) in [6.45, 7) is 5.57. The van der Waals surface area contributed by atoms with Crippen LogP contribution in [0.1, 0.15) is 37.8 Å². The maximum atomic E-state index is 5.54. The van der Waals surface area contributed by atoms with Crippen molar-refractivity contribution in [2.45, 2.75) is 38.3 Å². The molecule has 1 aromatic rings. The molecule has 0 amide bonds. The van der Waals surface area contributed by atoms with E-state index < -0.39 is 0 Å². The lowest BCUT2D eigenvalue weighted by atomic mass is 10.0. The normalized spacial score (nSPS) is 26.9. The number of hydrogen-bond donors (Lipinski definition) is 1. The summed E-state index contributed by atoms with van der Waals surface area (Å²) >= 11 is 0. The van der Waals surface area contributed by atoms with Crippen molar-refractivity contribution in [3.05, 3.63) is 29.8 Å². The summed E-state index contributed by atoms with van der Waals surface area (Å²) in [5.74, 6) is 1.96. The van der Waals surface area contributed by atoms with E-state index in [4.69, 9.17) is 4.74 Å². The van der Waals surface area contributed by atoms with Gasteiger partial charge in [-0.05, 0) is 37.8 Å². The summed E-state index contributed by atoms with van der Waals surface area (Å²) in [6.07, 6.45) is 4.27. The highest BCUT2D eigenvalue weighted by Gasteiger charge is 2.38. The predicted molar refractivity (Wildman–Crippen MR) is 82.1 cm³/mol. The maximum Gasteiger partial charge on any atom is 0.123 e. The van der Waals surface area contributed by atoms with Crippen LogP contribution in [0.4, 0.5) is 0 Å². The number of rotatable bonds is 6. The molecular formula is C17H26N2O. The Bertz CT molecular complexity index is 448. The molecule has 2 aliphatic rings. The number of hydrogen-bond acceptors (Lipinski definition) is 3. The van der Waals surface area contributed by atoms with Crippen LogP contribution in [-0.2, 0) is 0 Å². The highest BCUT2D eigenvalue weighted by Crippen LogP contribution is 2.38. The van der Waals surface area contributed by atoms with Crippen LogP contribution < -0.4 is 10.1 Å². The highest BCUT2D eigenvalue weighted by atomic mass is 16.5. The van der Waals surface area contributed by atoms with Crippen molar-refractivity contribution in [3.63, 3.8) is 0 Å². The van der Waals surface area contributed by atoms with Gasteiger partial charge in [0, 0.05) is 30.7 Å². The van der Waals surface area contributed by atoms with Crippen molar-refractivity contribution in [2.75, 3.05) is 26.7 Å². The first-order chi connectivity index (χ1) is 9.81. The number of methoxy groups -OCH3 is 1. The Morgan fingerprint density at radius 2 is 2.20 bits per heavy atom. The van der Waals surface area contributed by atoms with Crippen LogP contribution in [0.5, 0.6) is 5.75 Å². The van der Waals surface area contributed by atoms with Gasteiger partial charge >= 0.3 is 0 Å². The molecule has 3 unspecified atom stereocenters. The minimum absolute atomic E-state index is 0.371. The lowest BCUT2D eigenvalue weighted by Crippen LogP contribution is -2.39. The van der Waals surface area contributed by atoms with E-state index in [9.17, 15) is 0 Å². The summed E-state index contributed by atoms with van der Waals surface area (Å²) in [6, 6.07) is 9.61. The van der Waals surface area contributed by atoms with Crippen molar-refractivity contribution in [2.24, 2.45) is 5.92 Å². The van der Waals surface area contributed by atoms with E-state index in [2.05, 4.69) is 35.3 Å². The smallest absolute Gasteiger partial charge is 0.123 e. The van der Waals surface area contributed by atoms with Gasteiger partial charge in [-0.2, -0.15) is 0 Å². The Morgan fingerprint density at radius 1 is 1.35 bits per heavy atom. The molecule has 0 aromatic heterocycles. The monoisotopic (exact) mass is 274 g/mol. The lowest BCUT2D eigenvalue weighted by Gasteiger charge is -2.31. The third-order valence-electron chi connectivity index (χ3n) is 4.90. The molecule has 1 aliphatic heterocycles. The van der Waals surface area contributed by atoms with Gasteiger partial charge in [0.2, 0.25) is 0 Å². The van der Waals surface area contributed by atoms with Gasteiger partial charge in [0.05, 0.1) is 7.11 Å². The topological polar surface area (TPSA) is 24.5 Å². The Hall–Kier alpha value is -1.06. The van der Waals surface area contributed by atoms with Crippen LogP contribution >= 0.6 is 0 Å². The van der Waals surface area contributed by atoms with E-state index in [-0.39, 0.29) is 0 Å². The van der Waals surface area contributed by atoms with Gasteiger partial charge in [-0.15, -0.1) is 0 Å². The van der Waals surface area contributed by atoms with E-state index in [1.54, 1.807) is 7.11 Å². The standard InChI is InChI=1S/C17H26N2O/c1-3-18-16(15-6-4-5-7-17(15)20-2)12-19-11-13-8-9-14(19)10-13/h4-7,13-14,16,18H,3,8-12H2,1-2H3. The zero-order valence-corrected chi connectivity index (χ0v) is 12.6. The number of nitrogens with zero attached hydrogens (tertiary/aromatic N) is 1. The molecule has 0 radical (unpaired) electrons. The number of likely N-dealkylation sites (tertiary alicyclic amines) is 1. The van der Waals surface area contributed by atoms with Crippen molar-refractivity contribution in [1.82, 2.24) is 10.2 Å². The molecule has 3 heteroatoms. The number of nitrogens with one attached hydrogen (secondary N) is 1. The second-order valence-electron chi connectivity index (χ2n) is 6.14. The second-order valence-corrected chi connectivity index (χ2v) is 6.14. The van der Waals surface area contributed by atoms with Gasteiger partial charge < -0.3 is 10.1 Å². The molecule has 3 nitrogen and oxygen atoms in total. The fraction of sp³-hybridized carbons (Fsp3) is 0.647. The Morgan fingerprint density at radius 3 is 2.85 bits per heavy atom. The molecule has 3 rings (SSSR count). The number of para-hydroxylation sites is 1. The molecule has 1 saturated carbocycles. The predicted octanol–water partition coefficient (Wildman–Crippen LogP) is 2.83. The number of fused-ring (bicyclic) bond motifs is 2. The van der Waals surface area contributed by atoms with Gasteiger partial charge in [0.1, 0.15) is 5.75 Å². The number of benzene rings is 1. The van der Waals surface area contributed by atoms with Crippen LogP contribution in [-0.4, -0.2) is 37.7 Å². The zero-order chi connectivity index (χ0) is 13.9. The summed E-state index contributed by atoms with van der Waals surface area (Å²) in [7, 11) is 1.76. The second kappa shape index (κ2) is 6.15. The van der Waals surface area contributed by atoms with Crippen molar-refractivity contribution in [3.8, 4) is 5.75 Å². The molecule has 3 atom stereocenters. The number of likely N-dealkylation sites (N-methyl/N-ethyl adjacent to an activating group) is 1. The minimum Gasteiger partial charge on any atom is -0.496 e. The largest absolute Gasteiger partial charge is 0.496 e. The first kappa shape index (κ1) is 13.9. The maximum absolute atomic E-state index is 5.54. The van der Waals surface area contributed by atoms with Crippen LogP contribution in [0, 0.1) is 5.92 Å². The molecule has 1 N–H and O–H groups in total. The lowest BCUT2D eigenvalue weighted by molar-refractivity contribution is 0.191. The molecule has 1 heterocycles. The minimum atomic E-state index is 0.371. The summed E-state index contributed by atoms with van der Waals surface area (Å²) < 4.78 is 5.54. The number of piperidine rings is 1. The zero-order valence-electron chi connectivity index (χ0n) is 12.6. The average Bonchev–Trinajstić information content (AvgIpc) is 3.09. The van der Waals surface area contributed by atoms with E-state index in [1.807, 2.05) is 6.07 Å².